The van der Waals surface area contributed by atoms with Crippen LogP contribution in [0.4, 0.5) is 0 Å². The van der Waals surface area contributed by atoms with Gasteiger partial charge >= 0.3 is 0 Å². The largest absolute Gasteiger partial charge is 0.298 e. The summed E-state index contributed by atoms with van der Waals surface area (Å²) in [4.78, 5) is 29.9. The number of rotatable bonds is 3. The smallest absolute Gasteiger partial charge is 0.153 e. The first-order valence-corrected chi connectivity index (χ1v) is 9.43. The highest BCUT2D eigenvalue weighted by Gasteiger charge is 2.54. The van der Waals surface area contributed by atoms with Gasteiger partial charge in [-0.3, -0.25) is 19.4 Å². The lowest BCUT2D eigenvalue weighted by Crippen LogP contribution is -2.42. The van der Waals surface area contributed by atoms with Crippen molar-refractivity contribution in [1.82, 2.24) is 9.80 Å². The summed E-state index contributed by atoms with van der Waals surface area (Å²) < 4.78 is 0. The summed E-state index contributed by atoms with van der Waals surface area (Å²) in [5, 5.41) is 0. The van der Waals surface area contributed by atoms with E-state index in [1.807, 2.05) is 0 Å². The van der Waals surface area contributed by atoms with Gasteiger partial charge in [-0.05, 0) is 70.4 Å². The van der Waals surface area contributed by atoms with Crippen LogP contribution < -0.4 is 0 Å². The second-order valence-corrected chi connectivity index (χ2v) is 8.65. The molecule has 7 atom stereocenters. The van der Waals surface area contributed by atoms with E-state index in [0.717, 1.165) is 31.8 Å². The van der Waals surface area contributed by atoms with Crippen LogP contribution in [0.3, 0.4) is 0 Å². The van der Waals surface area contributed by atoms with Crippen LogP contribution in [0.5, 0.6) is 0 Å². The van der Waals surface area contributed by atoms with Crippen LogP contribution in [0.2, 0.25) is 0 Å². The van der Waals surface area contributed by atoms with Crippen molar-refractivity contribution in [2.24, 2.45) is 29.6 Å². The molecule has 0 radical (unpaired) electrons. The van der Waals surface area contributed by atoms with Crippen LogP contribution in [0.15, 0.2) is 0 Å². The first kappa shape index (κ1) is 15.8. The van der Waals surface area contributed by atoms with Gasteiger partial charge < -0.3 is 0 Å². The molecule has 0 spiro atoms. The molecule has 0 aromatic carbocycles. The Morgan fingerprint density at radius 1 is 0.826 bits per heavy atom. The number of likely N-dealkylation sites (tertiary alicyclic amines) is 2. The van der Waals surface area contributed by atoms with E-state index >= 15 is 0 Å². The maximum atomic E-state index is 13.4. The minimum Gasteiger partial charge on any atom is -0.298 e. The zero-order valence-corrected chi connectivity index (χ0v) is 14.7. The summed E-state index contributed by atoms with van der Waals surface area (Å²) in [5.41, 5.74) is 0. The Kier molecular flexibility index (Phi) is 3.88. The lowest BCUT2D eigenvalue weighted by Gasteiger charge is -2.28. The van der Waals surface area contributed by atoms with Crippen molar-refractivity contribution >= 4 is 11.6 Å². The molecular formula is C19H30N2O2. The highest BCUT2D eigenvalue weighted by molar-refractivity contribution is 5.88. The minimum atomic E-state index is 0.0540. The van der Waals surface area contributed by atoms with Crippen molar-refractivity contribution in [2.45, 2.75) is 51.1 Å². The van der Waals surface area contributed by atoms with Gasteiger partial charge in [-0.1, -0.05) is 6.42 Å². The van der Waals surface area contributed by atoms with E-state index in [2.05, 4.69) is 23.9 Å². The van der Waals surface area contributed by atoms with Crippen molar-refractivity contribution in [1.29, 1.82) is 0 Å². The zero-order chi connectivity index (χ0) is 16.3. The maximum Gasteiger partial charge on any atom is 0.153 e. The predicted molar refractivity (Wildman–Crippen MR) is 89.1 cm³/mol. The fourth-order valence-electron chi connectivity index (χ4n) is 6.66. The van der Waals surface area contributed by atoms with Crippen molar-refractivity contribution in [2.75, 3.05) is 27.2 Å². The maximum absolute atomic E-state index is 13.4. The van der Waals surface area contributed by atoms with Crippen molar-refractivity contribution in [3.63, 3.8) is 0 Å². The van der Waals surface area contributed by atoms with Crippen LogP contribution in [-0.4, -0.2) is 60.6 Å². The molecule has 0 N–H and O–H groups in total. The van der Waals surface area contributed by atoms with Gasteiger partial charge in [-0.2, -0.15) is 0 Å². The normalized spacial score (nSPS) is 47.0. The second kappa shape index (κ2) is 5.66. The monoisotopic (exact) mass is 318 g/mol. The highest BCUT2D eigenvalue weighted by Crippen LogP contribution is 2.49. The fraction of sp³-hybridized carbons (Fsp3) is 0.895. The molecule has 0 aromatic heterocycles. The molecule has 0 bridgehead atoms. The van der Waals surface area contributed by atoms with Gasteiger partial charge in [0.2, 0.25) is 0 Å². The molecule has 0 aromatic rings. The number of fused-ring (bicyclic) bond motifs is 2. The van der Waals surface area contributed by atoms with Gasteiger partial charge in [-0.25, -0.2) is 0 Å². The minimum absolute atomic E-state index is 0.0540. The third-order valence-electron chi connectivity index (χ3n) is 7.45. The lowest BCUT2D eigenvalue weighted by molar-refractivity contribution is -0.129. The lowest BCUT2D eigenvalue weighted by atomic mass is 9.80. The highest BCUT2D eigenvalue weighted by atomic mass is 16.1. The number of Topliss-reactive ketones (excluding diaryl/α,β-unsaturated/α-hetero) is 2. The predicted octanol–water partition coefficient (Wildman–Crippen LogP) is 1.83. The third-order valence-corrected chi connectivity index (χ3v) is 7.45. The van der Waals surface area contributed by atoms with E-state index in [1.165, 1.54) is 19.3 Å². The molecule has 2 aliphatic heterocycles. The van der Waals surface area contributed by atoms with Gasteiger partial charge in [0.15, 0.2) is 5.78 Å². The van der Waals surface area contributed by atoms with E-state index in [1.54, 1.807) is 6.92 Å². The Balaban J connectivity index is 1.53. The van der Waals surface area contributed by atoms with Crippen LogP contribution in [0.1, 0.15) is 39.0 Å². The molecule has 2 saturated carbocycles. The van der Waals surface area contributed by atoms with E-state index in [4.69, 9.17) is 0 Å². The van der Waals surface area contributed by atoms with Crippen LogP contribution in [0, 0.1) is 29.6 Å². The fourth-order valence-corrected chi connectivity index (χ4v) is 6.66. The molecule has 4 fully saturated rings. The van der Waals surface area contributed by atoms with Gasteiger partial charge in [0.05, 0.1) is 12.1 Å². The average molecular weight is 318 g/mol. The molecule has 2 saturated heterocycles. The van der Waals surface area contributed by atoms with Crippen molar-refractivity contribution in [3.8, 4) is 0 Å². The van der Waals surface area contributed by atoms with Crippen molar-refractivity contribution in [3.05, 3.63) is 0 Å². The first-order chi connectivity index (χ1) is 11.0. The molecule has 0 amide bonds. The first-order valence-electron chi connectivity index (χ1n) is 9.43. The molecule has 4 aliphatic rings. The summed E-state index contributed by atoms with van der Waals surface area (Å²) in [6.45, 7) is 3.75. The second-order valence-electron chi connectivity index (χ2n) is 8.65. The number of hydrogen-bond donors (Lipinski definition) is 0. The molecular weight excluding hydrogens is 288 g/mol. The number of ketones is 2. The summed E-state index contributed by atoms with van der Waals surface area (Å²) in [5.74, 6) is 3.16. The van der Waals surface area contributed by atoms with E-state index in [0.29, 0.717) is 23.5 Å². The average Bonchev–Trinajstić information content (AvgIpc) is 3.17. The number of hydrogen-bond acceptors (Lipinski definition) is 4. The quantitative estimate of drug-likeness (QED) is 0.796. The Morgan fingerprint density at radius 2 is 1.57 bits per heavy atom. The van der Waals surface area contributed by atoms with Gasteiger partial charge in [-0.15, -0.1) is 0 Å². The van der Waals surface area contributed by atoms with Gasteiger partial charge in [0.1, 0.15) is 5.78 Å². The van der Waals surface area contributed by atoms with E-state index in [9.17, 15) is 9.59 Å². The number of likely N-dealkylation sites (N-methyl/N-ethyl adjacent to an activating group) is 2. The van der Waals surface area contributed by atoms with Gasteiger partial charge in [0.25, 0.3) is 0 Å². The Bertz CT molecular complexity index is 519. The standard InChI is InChI=1S/C19H30N2O2/c1-11(22)17-14-7-8-15(16(14)10-21(17)3)19(23)18-13-6-4-5-12(13)9-20(18)2/h12-18H,4-10H2,1-3H3/t12-,13-,14+,15+,16+,17+,18-/m0/s1. The Labute approximate surface area is 139 Å². The van der Waals surface area contributed by atoms with Gasteiger partial charge in [0, 0.05) is 19.0 Å². The molecule has 2 heterocycles. The topological polar surface area (TPSA) is 40.6 Å². The summed E-state index contributed by atoms with van der Waals surface area (Å²) in [7, 11) is 4.20. The van der Waals surface area contributed by atoms with Crippen LogP contribution in [-0.2, 0) is 9.59 Å². The summed E-state index contributed by atoms with van der Waals surface area (Å²) in [6.07, 6.45) is 5.92. The molecule has 128 valence electrons. The Hall–Kier alpha value is -0.740. The molecule has 4 rings (SSSR count). The number of carbonyl (C=O) groups excluding carboxylic acids is 2. The molecule has 4 heteroatoms. The number of carbonyl (C=O) groups is 2. The summed E-state index contributed by atoms with van der Waals surface area (Å²) >= 11 is 0. The molecule has 23 heavy (non-hydrogen) atoms. The SMILES string of the molecule is CC(=O)[C@@H]1[C@@H]2CC[C@@H](C(=O)[C@@H]3[C@H]4CCC[C@H]4CN3C)[C@@H]2CN1C. The van der Waals surface area contributed by atoms with E-state index in [-0.39, 0.29) is 23.8 Å². The number of nitrogens with zero attached hydrogens (tertiary/aromatic N) is 2. The van der Waals surface area contributed by atoms with Crippen LogP contribution >= 0.6 is 0 Å². The Morgan fingerprint density at radius 3 is 2.30 bits per heavy atom. The third kappa shape index (κ3) is 2.32. The zero-order valence-electron chi connectivity index (χ0n) is 14.7. The molecule has 2 aliphatic carbocycles. The molecule has 4 nitrogen and oxygen atoms in total. The van der Waals surface area contributed by atoms with E-state index < -0.39 is 0 Å². The summed E-state index contributed by atoms with van der Waals surface area (Å²) in [6, 6.07) is 0.214. The van der Waals surface area contributed by atoms with Crippen LogP contribution in [0.25, 0.3) is 0 Å². The molecule has 0 unspecified atom stereocenters. The van der Waals surface area contributed by atoms with Crippen molar-refractivity contribution < 1.29 is 9.59 Å².